The maximum Gasteiger partial charge on any atom is 0.275 e. The van der Waals surface area contributed by atoms with E-state index in [2.05, 4.69) is 36.3 Å². The molecule has 1 saturated carbocycles. The van der Waals surface area contributed by atoms with Gasteiger partial charge >= 0.3 is 0 Å². The maximum atomic E-state index is 12.3. The first-order valence-corrected chi connectivity index (χ1v) is 8.88. The molecule has 0 atom stereocenters. The highest BCUT2D eigenvalue weighted by molar-refractivity contribution is 6.15. The first-order valence-electron chi connectivity index (χ1n) is 8.88. The number of methoxy groups -OCH3 is 1. The van der Waals surface area contributed by atoms with E-state index in [4.69, 9.17) is 4.74 Å². The van der Waals surface area contributed by atoms with E-state index in [0.29, 0.717) is 17.5 Å². The second kappa shape index (κ2) is 7.20. The van der Waals surface area contributed by atoms with Crippen LogP contribution in [0.2, 0.25) is 0 Å². The smallest absolute Gasteiger partial charge is 0.275 e. The number of aliphatic imine (C=N–C) groups is 1. The lowest BCUT2D eigenvalue weighted by Gasteiger charge is -2.20. The molecule has 1 fully saturated rings. The molecule has 0 unspecified atom stereocenters. The Morgan fingerprint density at radius 2 is 2.00 bits per heavy atom. The lowest BCUT2D eigenvalue weighted by Crippen LogP contribution is -2.31. The van der Waals surface area contributed by atoms with Crippen LogP contribution in [0.1, 0.15) is 63.0 Å². The Hall–Kier alpha value is -2.10. The van der Waals surface area contributed by atoms with Gasteiger partial charge in [0.1, 0.15) is 17.3 Å². The number of nitrogens with one attached hydrogen (secondary N) is 1. The third-order valence-electron chi connectivity index (χ3n) is 4.92. The molecule has 3 rings (SSSR count). The maximum absolute atomic E-state index is 12.3. The Balaban J connectivity index is 1.91. The van der Waals surface area contributed by atoms with Crippen LogP contribution >= 0.6 is 0 Å². The minimum Gasteiger partial charge on any atom is -0.496 e. The fourth-order valence-electron chi connectivity index (χ4n) is 3.43. The fourth-order valence-corrected chi connectivity index (χ4v) is 3.43. The van der Waals surface area contributed by atoms with E-state index in [0.717, 1.165) is 30.0 Å². The van der Waals surface area contributed by atoms with E-state index in [1.807, 2.05) is 12.1 Å². The molecule has 128 valence electrons. The number of carbonyl (C=O) groups is 1. The first kappa shape index (κ1) is 16.7. The van der Waals surface area contributed by atoms with Crippen molar-refractivity contribution in [1.82, 2.24) is 5.32 Å². The molecule has 0 aromatic heterocycles. The van der Waals surface area contributed by atoms with E-state index in [-0.39, 0.29) is 5.91 Å². The van der Waals surface area contributed by atoms with Crippen molar-refractivity contribution in [2.75, 3.05) is 7.11 Å². The van der Waals surface area contributed by atoms with Gasteiger partial charge in [-0.2, -0.15) is 0 Å². The summed E-state index contributed by atoms with van der Waals surface area (Å²) in [4.78, 5) is 16.9. The summed E-state index contributed by atoms with van der Waals surface area (Å²) in [5, 5.41) is 2.97. The molecule has 1 aliphatic heterocycles. The van der Waals surface area contributed by atoms with Crippen molar-refractivity contribution in [2.45, 2.75) is 51.9 Å². The van der Waals surface area contributed by atoms with Gasteiger partial charge < -0.3 is 10.1 Å². The molecule has 1 aliphatic carbocycles. The second-order valence-electron chi connectivity index (χ2n) is 6.97. The van der Waals surface area contributed by atoms with Crippen molar-refractivity contribution in [3.63, 3.8) is 0 Å². The number of hydrogen-bond donors (Lipinski definition) is 1. The first-order chi connectivity index (χ1) is 11.6. The van der Waals surface area contributed by atoms with E-state index < -0.39 is 0 Å². The van der Waals surface area contributed by atoms with Gasteiger partial charge in [-0.15, -0.1) is 0 Å². The molecule has 1 amide bonds. The van der Waals surface area contributed by atoms with Crippen LogP contribution in [0.5, 0.6) is 5.75 Å². The molecule has 0 spiro atoms. The Morgan fingerprint density at radius 3 is 2.67 bits per heavy atom. The molecule has 1 heterocycles. The number of rotatable bonds is 4. The average Bonchev–Trinajstić information content (AvgIpc) is 2.96. The third kappa shape index (κ3) is 3.53. The van der Waals surface area contributed by atoms with E-state index >= 15 is 0 Å². The van der Waals surface area contributed by atoms with Gasteiger partial charge in [0.2, 0.25) is 0 Å². The molecule has 0 saturated heterocycles. The van der Waals surface area contributed by atoms with Gasteiger partial charge in [-0.25, -0.2) is 4.99 Å². The summed E-state index contributed by atoms with van der Waals surface area (Å²) >= 11 is 0. The van der Waals surface area contributed by atoms with Crippen LogP contribution < -0.4 is 10.1 Å². The van der Waals surface area contributed by atoms with E-state index in [1.165, 1.54) is 24.8 Å². The zero-order chi connectivity index (χ0) is 17.1. The van der Waals surface area contributed by atoms with Crippen LogP contribution in [0, 0.1) is 5.92 Å². The van der Waals surface area contributed by atoms with Crippen molar-refractivity contribution in [2.24, 2.45) is 10.9 Å². The van der Waals surface area contributed by atoms with Crippen LogP contribution in [0.25, 0.3) is 6.08 Å². The van der Waals surface area contributed by atoms with E-state index in [1.54, 1.807) is 7.11 Å². The molecule has 0 bridgehead atoms. The predicted molar refractivity (Wildman–Crippen MR) is 97.2 cm³/mol. The molecule has 4 nitrogen and oxygen atoms in total. The molecule has 2 aliphatic rings. The monoisotopic (exact) mass is 326 g/mol. The number of hydrogen-bond acceptors (Lipinski definition) is 3. The predicted octanol–water partition coefficient (Wildman–Crippen LogP) is 4.27. The molecule has 1 aromatic carbocycles. The summed E-state index contributed by atoms with van der Waals surface area (Å²) in [6.07, 6.45) is 7.83. The average molecular weight is 326 g/mol. The van der Waals surface area contributed by atoms with Crippen molar-refractivity contribution in [1.29, 1.82) is 0 Å². The Kier molecular flexibility index (Phi) is 5.03. The summed E-state index contributed by atoms with van der Waals surface area (Å²) in [6.45, 7) is 4.31. The topological polar surface area (TPSA) is 50.7 Å². The largest absolute Gasteiger partial charge is 0.496 e. The minimum absolute atomic E-state index is 0.104. The third-order valence-corrected chi connectivity index (χ3v) is 4.92. The molecule has 24 heavy (non-hydrogen) atoms. The van der Waals surface area contributed by atoms with Gasteiger partial charge in [0.05, 0.1) is 7.11 Å². The summed E-state index contributed by atoms with van der Waals surface area (Å²) < 4.78 is 5.44. The summed E-state index contributed by atoms with van der Waals surface area (Å²) in [7, 11) is 1.65. The van der Waals surface area contributed by atoms with Gasteiger partial charge in [0, 0.05) is 11.5 Å². The van der Waals surface area contributed by atoms with Gasteiger partial charge in [-0.3, -0.25) is 4.79 Å². The lowest BCUT2D eigenvalue weighted by molar-refractivity contribution is -0.115. The number of amidine groups is 1. The molecule has 0 radical (unpaired) electrons. The van der Waals surface area contributed by atoms with Crippen molar-refractivity contribution >= 4 is 17.8 Å². The van der Waals surface area contributed by atoms with Crippen molar-refractivity contribution in [3.8, 4) is 5.75 Å². The normalized spacial score (nSPS) is 20.4. The SMILES string of the molecule is COc1ccc(C(C)C)cc1/C=C1\N=C(C2CCCCC2)NC1=O. The Morgan fingerprint density at radius 1 is 1.25 bits per heavy atom. The molecule has 1 N–H and O–H groups in total. The number of benzene rings is 1. The molecular weight excluding hydrogens is 300 g/mol. The van der Waals surface area contributed by atoms with Crippen LogP contribution in [0.15, 0.2) is 28.9 Å². The Bertz CT molecular complexity index is 683. The van der Waals surface area contributed by atoms with Gasteiger partial charge in [-0.05, 0) is 42.5 Å². The van der Waals surface area contributed by atoms with Crippen LogP contribution in [0.4, 0.5) is 0 Å². The summed E-state index contributed by atoms with van der Waals surface area (Å²) in [5.41, 5.74) is 2.61. The van der Waals surface area contributed by atoms with Crippen molar-refractivity contribution in [3.05, 3.63) is 35.0 Å². The van der Waals surface area contributed by atoms with E-state index in [9.17, 15) is 4.79 Å². The lowest BCUT2D eigenvalue weighted by atomic mass is 9.88. The number of nitrogens with zero attached hydrogens (tertiary/aromatic N) is 1. The molecule has 1 aromatic rings. The highest BCUT2D eigenvalue weighted by atomic mass is 16.5. The van der Waals surface area contributed by atoms with Gasteiger partial charge in [-0.1, -0.05) is 39.2 Å². The standard InChI is InChI=1S/C20H26N2O2/c1-13(2)15-9-10-18(24-3)16(11-15)12-17-20(23)22-19(21-17)14-7-5-4-6-8-14/h9-14H,4-8H2,1-3H3,(H,21,22,23)/b17-12-. The van der Waals surface area contributed by atoms with Crippen LogP contribution in [0.3, 0.4) is 0 Å². The molecular formula is C20H26N2O2. The van der Waals surface area contributed by atoms with Gasteiger partial charge in [0.25, 0.3) is 5.91 Å². The minimum atomic E-state index is -0.104. The van der Waals surface area contributed by atoms with Crippen molar-refractivity contribution < 1.29 is 9.53 Å². The van der Waals surface area contributed by atoms with Crippen LogP contribution in [-0.4, -0.2) is 18.9 Å². The van der Waals surface area contributed by atoms with Crippen LogP contribution in [-0.2, 0) is 4.79 Å². The van der Waals surface area contributed by atoms with Gasteiger partial charge in [0.15, 0.2) is 0 Å². The summed E-state index contributed by atoms with van der Waals surface area (Å²) in [5.74, 6) is 2.34. The Labute approximate surface area is 144 Å². The zero-order valence-corrected chi connectivity index (χ0v) is 14.8. The molecule has 4 heteroatoms. The fraction of sp³-hybridized carbons (Fsp3) is 0.500. The second-order valence-corrected chi connectivity index (χ2v) is 6.97. The number of ether oxygens (including phenoxy) is 1. The number of amides is 1. The quantitative estimate of drug-likeness (QED) is 0.840. The zero-order valence-electron chi connectivity index (χ0n) is 14.8. The summed E-state index contributed by atoms with van der Waals surface area (Å²) in [6, 6.07) is 6.11. The highest BCUT2D eigenvalue weighted by Gasteiger charge is 2.27. The highest BCUT2D eigenvalue weighted by Crippen LogP contribution is 2.29. The number of carbonyl (C=O) groups excluding carboxylic acids is 1.